The Hall–Kier alpha value is -2.10. The van der Waals surface area contributed by atoms with Crippen molar-refractivity contribution in [3.8, 4) is 0 Å². The molecule has 0 aromatic heterocycles. The molecule has 0 unspecified atom stereocenters. The molecule has 0 radical (unpaired) electrons. The third-order valence-electron chi connectivity index (χ3n) is 9.38. The van der Waals surface area contributed by atoms with Gasteiger partial charge in [-0.25, -0.2) is 0 Å². The van der Waals surface area contributed by atoms with Gasteiger partial charge in [-0.15, -0.1) is 0 Å². The van der Waals surface area contributed by atoms with Crippen molar-refractivity contribution in [1.82, 2.24) is 0 Å². The molecule has 5 rings (SSSR count). The first-order chi connectivity index (χ1) is 18.4. The van der Waals surface area contributed by atoms with E-state index in [0.29, 0.717) is 42.7 Å². The Morgan fingerprint density at radius 2 is 1.85 bits per heavy atom. The van der Waals surface area contributed by atoms with Crippen LogP contribution in [0.4, 0.5) is 0 Å². The van der Waals surface area contributed by atoms with Crippen molar-refractivity contribution in [2.45, 2.75) is 109 Å². The first-order valence-electron chi connectivity index (χ1n) is 14.3. The Labute approximate surface area is 230 Å². The molecule has 1 aliphatic carbocycles. The molecule has 8 nitrogen and oxygen atoms in total. The van der Waals surface area contributed by atoms with Gasteiger partial charge in [-0.3, -0.25) is 9.59 Å². The second-order valence-electron chi connectivity index (χ2n) is 12.3. The molecule has 214 valence electrons. The average molecular weight is 543 g/mol. The molecule has 10 atom stereocenters. The van der Waals surface area contributed by atoms with Gasteiger partial charge in [0.1, 0.15) is 17.6 Å². The summed E-state index contributed by atoms with van der Waals surface area (Å²) in [5.74, 6) is -2.69. The molecular weight excluding hydrogens is 500 g/mol. The fourth-order valence-corrected chi connectivity index (χ4v) is 6.65. The molecule has 4 heterocycles. The van der Waals surface area contributed by atoms with E-state index in [9.17, 15) is 19.8 Å². The van der Waals surface area contributed by atoms with Crippen molar-refractivity contribution < 1.29 is 38.7 Å². The van der Waals surface area contributed by atoms with E-state index in [1.165, 1.54) is 6.08 Å². The van der Waals surface area contributed by atoms with E-state index >= 15 is 0 Å². The van der Waals surface area contributed by atoms with Crippen LogP contribution in [0.1, 0.15) is 66.7 Å². The zero-order valence-electron chi connectivity index (χ0n) is 23.6. The van der Waals surface area contributed by atoms with Crippen molar-refractivity contribution >= 4 is 11.8 Å². The van der Waals surface area contributed by atoms with Gasteiger partial charge in [0.25, 0.3) is 0 Å². The topological polar surface area (TPSA) is 112 Å². The minimum Gasteiger partial charge on any atom is -0.462 e. The SMILES string of the molecule is CC1=C[C@H]2C(=O)O[C@H]3C[C@@H](C/C=C(\C)[C@H](O)[C@@H](C)/C=C/C=C4\CO[C@@H](C1=O)[C@@]42O)O[C@@]1(CC[C@H](C)[C@@H](C)O1)C3. The van der Waals surface area contributed by atoms with Crippen molar-refractivity contribution in [2.24, 2.45) is 17.8 Å². The highest BCUT2D eigenvalue weighted by atomic mass is 16.7. The molecule has 4 aliphatic heterocycles. The van der Waals surface area contributed by atoms with Crippen LogP contribution in [0, 0.1) is 17.8 Å². The number of aliphatic hydroxyl groups excluding tert-OH is 1. The minimum absolute atomic E-state index is 0.00168. The normalized spacial score (nSPS) is 48.7. The largest absolute Gasteiger partial charge is 0.462 e. The van der Waals surface area contributed by atoms with Gasteiger partial charge in [0, 0.05) is 25.2 Å². The molecule has 0 amide bonds. The lowest BCUT2D eigenvalue weighted by Crippen LogP contribution is -2.57. The molecular formula is C31H42O8. The zero-order chi connectivity index (χ0) is 28.1. The molecule has 0 aromatic rings. The van der Waals surface area contributed by atoms with Crippen molar-refractivity contribution in [3.05, 3.63) is 47.1 Å². The number of hydrogen-bond donors (Lipinski definition) is 2. The average Bonchev–Trinajstić information content (AvgIpc) is 3.23. The highest BCUT2D eigenvalue weighted by molar-refractivity contribution is 6.03. The van der Waals surface area contributed by atoms with Crippen LogP contribution in [0.15, 0.2) is 47.1 Å². The maximum atomic E-state index is 13.8. The fourth-order valence-electron chi connectivity index (χ4n) is 6.65. The Morgan fingerprint density at radius 3 is 2.59 bits per heavy atom. The minimum atomic E-state index is -1.85. The van der Waals surface area contributed by atoms with E-state index in [-0.39, 0.29) is 30.5 Å². The predicted molar refractivity (Wildman–Crippen MR) is 143 cm³/mol. The maximum Gasteiger partial charge on any atom is 0.316 e. The third-order valence-corrected chi connectivity index (χ3v) is 9.38. The summed E-state index contributed by atoms with van der Waals surface area (Å²) in [4.78, 5) is 26.7. The van der Waals surface area contributed by atoms with Crippen LogP contribution in [0.5, 0.6) is 0 Å². The van der Waals surface area contributed by atoms with Gasteiger partial charge < -0.3 is 29.2 Å². The number of rotatable bonds is 0. The second-order valence-corrected chi connectivity index (χ2v) is 12.3. The summed E-state index contributed by atoms with van der Waals surface area (Å²) in [6.07, 6.45) is 9.19. The lowest BCUT2D eigenvalue weighted by molar-refractivity contribution is -0.332. The van der Waals surface area contributed by atoms with Crippen LogP contribution in [0.3, 0.4) is 0 Å². The fraction of sp³-hybridized carbons (Fsp3) is 0.677. The third kappa shape index (κ3) is 5.22. The van der Waals surface area contributed by atoms with Gasteiger partial charge in [-0.1, -0.05) is 44.2 Å². The summed E-state index contributed by atoms with van der Waals surface area (Å²) in [6.45, 7) is 9.68. The number of carbonyl (C=O) groups is 2. The van der Waals surface area contributed by atoms with Crippen molar-refractivity contribution in [3.63, 3.8) is 0 Å². The van der Waals surface area contributed by atoms with Crippen LogP contribution in [-0.2, 0) is 28.5 Å². The van der Waals surface area contributed by atoms with Crippen LogP contribution < -0.4 is 0 Å². The van der Waals surface area contributed by atoms with Crippen molar-refractivity contribution in [2.75, 3.05) is 6.61 Å². The van der Waals surface area contributed by atoms with E-state index in [0.717, 1.165) is 12.0 Å². The smallest absolute Gasteiger partial charge is 0.316 e. The van der Waals surface area contributed by atoms with Gasteiger partial charge in [0.15, 0.2) is 17.7 Å². The molecule has 3 saturated heterocycles. The Kier molecular flexibility index (Phi) is 7.81. The molecule has 0 saturated carbocycles. The first kappa shape index (κ1) is 28.4. The predicted octanol–water partition coefficient (Wildman–Crippen LogP) is 3.71. The highest BCUT2D eigenvalue weighted by Gasteiger charge is 2.60. The number of allylic oxidation sites excluding steroid dienone is 2. The Balaban J connectivity index is 1.54. The first-order valence-corrected chi connectivity index (χ1v) is 14.3. The number of Topliss-reactive ketones (excluding diaryl/α,β-unsaturated/α-hetero) is 1. The Morgan fingerprint density at radius 1 is 1.08 bits per heavy atom. The molecule has 2 N–H and O–H groups in total. The summed E-state index contributed by atoms with van der Waals surface area (Å²) >= 11 is 0. The number of ether oxygens (including phenoxy) is 4. The molecule has 0 aromatic carbocycles. The van der Waals surface area contributed by atoms with Gasteiger partial charge in [0.05, 0.1) is 24.9 Å². The summed E-state index contributed by atoms with van der Waals surface area (Å²) in [7, 11) is 0. The van der Waals surface area contributed by atoms with Gasteiger partial charge >= 0.3 is 5.97 Å². The summed E-state index contributed by atoms with van der Waals surface area (Å²) < 4.78 is 24.9. The molecule has 2 bridgehead atoms. The molecule has 3 fully saturated rings. The maximum absolute atomic E-state index is 13.8. The van der Waals surface area contributed by atoms with Crippen molar-refractivity contribution in [1.29, 1.82) is 0 Å². The number of esters is 1. The monoisotopic (exact) mass is 542 g/mol. The highest BCUT2D eigenvalue weighted by Crippen LogP contribution is 2.46. The number of fused-ring (bicyclic) bond motifs is 2. The van der Waals surface area contributed by atoms with Gasteiger partial charge in [-0.2, -0.15) is 0 Å². The summed E-state index contributed by atoms with van der Waals surface area (Å²) in [5, 5.41) is 22.9. The van der Waals surface area contributed by atoms with Crippen LogP contribution in [-0.4, -0.2) is 70.5 Å². The lowest BCUT2D eigenvalue weighted by Gasteiger charge is -2.49. The van der Waals surface area contributed by atoms with Gasteiger partial charge in [-0.05, 0) is 56.3 Å². The molecule has 5 aliphatic rings. The van der Waals surface area contributed by atoms with Crippen LogP contribution in [0.25, 0.3) is 0 Å². The molecule has 1 spiro atoms. The van der Waals surface area contributed by atoms with Crippen LogP contribution in [0.2, 0.25) is 0 Å². The quantitative estimate of drug-likeness (QED) is 0.352. The lowest BCUT2D eigenvalue weighted by atomic mass is 9.71. The van der Waals surface area contributed by atoms with Crippen LogP contribution >= 0.6 is 0 Å². The number of carbonyl (C=O) groups excluding carboxylic acids is 2. The van der Waals surface area contributed by atoms with E-state index in [1.54, 1.807) is 19.1 Å². The summed E-state index contributed by atoms with van der Waals surface area (Å²) in [5.41, 5.74) is -0.212. The van der Waals surface area contributed by atoms with E-state index in [1.807, 2.05) is 32.9 Å². The summed E-state index contributed by atoms with van der Waals surface area (Å²) in [6, 6.07) is 0. The van der Waals surface area contributed by atoms with Gasteiger partial charge in [0.2, 0.25) is 0 Å². The standard InChI is InChI=1S/C31H42O8/c1-17-11-12-30(38-21(17)5)15-24-14-23(39-30)10-9-19(3)26(32)18(2)7-6-8-22-16-36-28-27(33)20(4)13-25(29(34)37-24)31(22,28)35/h6-9,13,17-18,21,23-26,28,32,35H,10-12,14-16H2,1-5H3/b7-6+,19-9+,22-8+/t17-,18-,21+,23+,24-,25-,26+,28-,30-,31+/m0/s1. The second kappa shape index (κ2) is 10.7. The van der Waals surface area contributed by atoms with E-state index < -0.39 is 41.6 Å². The molecule has 8 heteroatoms. The Bertz CT molecular complexity index is 1120. The van der Waals surface area contributed by atoms with E-state index in [2.05, 4.69) is 6.92 Å². The number of aliphatic hydroxyl groups is 2. The van der Waals surface area contributed by atoms with E-state index in [4.69, 9.17) is 18.9 Å². The number of ketones is 1. The zero-order valence-corrected chi connectivity index (χ0v) is 23.6. The number of hydrogen-bond acceptors (Lipinski definition) is 8. The molecule has 39 heavy (non-hydrogen) atoms.